The van der Waals surface area contributed by atoms with Gasteiger partial charge in [-0.2, -0.15) is 0 Å². The number of anilines is 1. The summed E-state index contributed by atoms with van der Waals surface area (Å²) in [5.74, 6) is -0.101. The summed E-state index contributed by atoms with van der Waals surface area (Å²) < 4.78 is 1.28. The first-order valence-corrected chi connectivity index (χ1v) is 11.5. The molecule has 0 atom stereocenters. The van der Waals surface area contributed by atoms with Crippen molar-refractivity contribution in [2.45, 2.75) is 20.8 Å². The van der Waals surface area contributed by atoms with Gasteiger partial charge >= 0.3 is 0 Å². The number of piperazine rings is 1. The molecular weight excluding hydrogens is 408 g/mol. The Labute approximate surface area is 186 Å². The number of Topliss-reactive ketones (excluding diaryl/α,β-unsaturated/α-hetero) is 1. The number of aryl methyl sites for hydroxylation is 2. The molecule has 1 amide bonds. The maximum absolute atomic E-state index is 12.3. The molecule has 0 unspecified atom stereocenters. The molecule has 4 rings (SSSR count). The molecule has 0 radical (unpaired) electrons. The first-order chi connectivity index (χ1) is 14.9. The Morgan fingerprint density at radius 1 is 1.03 bits per heavy atom. The van der Waals surface area contributed by atoms with E-state index in [-0.39, 0.29) is 11.7 Å². The van der Waals surface area contributed by atoms with Gasteiger partial charge < -0.3 is 10.2 Å². The molecule has 1 aliphatic heterocycles. The third-order valence-corrected chi connectivity index (χ3v) is 6.99. The second kappa shape index (κ2) is 9.16. The molecule has 6 nitrogen and oxygen atoms in total. The van der Waals surface area contributed by atoms with Gasteiger partial charge in [-0.05, 0) is 50.1 Å². The lowest BCUT2D eigenvalue weighted by molar-refractivity contribution is 0.0945. The fraction of sp³-hybridized carbons (Fsp3) is 0.375. The summed E-state index contributed by atoms with van der Waals surface area (Å²) in [5, 5.41) is 4.08. The van der Waals surface area contributed by atoms with Gasteiger partial charge in [-0.3, -0.25) is 14.5 Å². The number of hydrogen-bond donors (Lipinski definition) is 1. The number of rotatable bonds is 6. The minimum Gasteiger partial charge on any atom is -0.351 e. The largest absolute Gasteiger partial charge is 0.351 e. The van der Waals surface area contributed by atoms with Crippen molar-refractivity contribution in [3.05, 3.63) is 58.7 Å². The van der Waals surface area contributed by atoms with Gasteiger partial charge in [-0.25, -0.2) is 4.98 Å². The van der Waals surface area contributed by atoms with Crippen molar-refractivity contribution in [1.82, 2.24) is 15.2 Å². The van der Waals surface area contributed by atoms with Crippen LogP contribution in [0.5, 0.6) is 0 Å². The molecule has 1 fully saturated rings. The fourth-order valence-corrected chi connectivity index (χ4v) is 5.02. The normalized spacial score (nSPS) is 14.7. The van der Waals surface area contributed by atoms with Crippen LogP contribution in [0.15, 0.2) is 36.4 Å². The summed E-state index contributed by atoms with van der Waals surface area (Å²) in [7, 11) is 0. The number of aromatic nitrogens is 1. The predicted octanol–water partition coefficient (Wildman–Crippen LogP) is 3.67. The number of fused-ring (bicyclic) bond motifs is 1. The predicted molar refractivity (Wildman–Crippen MR) is 127 cm³/mol. The van der Waals surface area contributed by atoms with Crippen LogP contribution in [0.4, 0.5) is 5.13 Å². The second-order valence-electron chi connectivity index (χ2n) is 8.14. The van der Waals surface area contributed by atoms with Gasteiger partial charge in [0.25, 0.3) is 5.91 Å². The van der Waals surface area contributed by atoms with E-state index in [0.717, 1.165) is 43.4 Å². The molecule has 162 valence electrons. The first kappa shape index (κ1) is 21.5. The van der Waals surface area contributed by atoms with E-state index in [1.807, 2.05) is 0 Å². The number of nitrogens with zero attached hydrogens (tertiary/aromatic N) is 3. The summed E-state index contributed by atoms with van der Waals surface area (Å²) >= 11 is 1.78. The minimum atomic E-state index is -0.103. The van der Waals surface area contributed by atoms with Gasteiger partial charge in [0, 0.05) is 50.4 Å². The van der Waals surface area contributed by atoms with Gasteiger partial charge in [0.15, 0.2) is 10.9 Å². The molecule has 7 heteroatoms. The number of carbonyl (C=O) groups is 2. The SMILES string of the molecule is CC(=O)c1ccc(C(=O)NCCN2CCN(c3nc4cc(C)cc(C)c4s3)CC2)cc1. The lowest BCUT2D eigenvalue weighted by atomic mass is 10.1. The molecule has 3 aromatic rings. The highest BCUT2D eigenvalue weighted by Gasteiger charge is 2.20. The molecule has 1 N–H and O–H groups in total. The Hall–Kier alpha value is -2.77. The van der Waals surface area contributed by atoms with E-state index in [2.05, 4.69) is 41.1 Å². The molecule has 1 aliphatic rings. The highest BCUT2D eigenvalue weighted by molar-refractivity contribution is 7.22. The number of nitrogens with one attached hydrogen (secondary N) is 1. The number of benzene rings is 2. The first-order valence-electron chi connectivity index (χ1n) is 10.6. The van der Waals surface area contributed by atoms with E-state index in [0.29, 0.717) is 17.7 Å². The van der Waals surface area contributed by atoms with E-state index in [1.54, 1.807) is 35.6 Å². The zero-order chi connectivity index (χ0) is 22.0. The topological polar surface area (TPSA) is 65.5 Å². The van der Waals surface area contributed by atoms with Gasteiger partial charge in [0.1, 0.15) is 0 Å². The third-order valence-electron chi connectivity index (χ3n) is 5.72. The maximum Gasteiger partial charge on any atom is 0.251 e. The highest BCUT2D eigenvalue weighted by Crippen LogP contribution is 2.32. The number of hydrogen-bond acceptors (Lipinski definition) is 6. The van der Waals surface area contributed by atoms with Crippen LogP contribution in [0.25, 0.3) is 10.2 Å². The quantitative estimate of drug-likeness (QED) is 0.598. The summed E-state index contributed by atoms with van der Waals surface area (Å²) in [6.45, 7) is 11.0. The van der Waals surface area contributed by atoms with Crippen LogP contribution in [0, 0.1) is 13.8 Å². The second-order valence-corrected chi connectivity index (χ2v) is 9.12. The van der Waals surface area contributed by atoms with Crippen molar-refractivity contribution in [2.24, 2.45) is 0 Å². The van der Waals surface area contributed by atoms with Crippen LogP contribution < -0.4 is 10.2 Å². The zero-order valence-electron chi connectivity index (χ0n) is 18.3. The molecule has 0 bridgehead atoms. The van der Waals surface area contributed by atoms with Crippen LogP contribution in [0.2, 0.25) is 0 Å². The highest BCUT2D eigenvalue weighted by atomic mass is 32.1. The van der Waals surface area contributed by atoms with Crippen LogP contribution >= 0.6 is 11.3 Å². The Bertz CT molecular complexity index is 1100. The van der Waals surface area contributed by atoms with Crippen LogP contribution in [0.3, 0.4) is 0 Å². The summed E-state index contributed by atoms with van der Waals surface area (Å²) in [5.41, 5.74) is 4.84. The third kappa shape index (κ3) is 4.94. The molecular formula is C24H28N4O2S. The average molecular weight is 437 g/mol. The number of thiazole rings is 1. The molecule has 2 heterocycles. The average Bonchev–Trinajstić information content (AvgIpc) is 3.18. The van der Waals surface area contributed by atoms with Crippen molar-refractivity contribution < 1.29 is 9.59 Å². The Morgan fingerprint density at radius 2 is 1.71 bits per heavy atom. The molecule has 0 saturated carbocycles. The standard InChI is InChI=1S/C24H28N4O2S/c1-16-14-17(2)22-21(15-16)26-24(31-22)28-12-10-27(11-13-28)9-8-25-23(30)20-6-4-19(5-7-20)18(3)29/h4-7,14-15H,8-13H2,1-3H3,(H,25,30). The molecule has 2 aromatic carbocycles. The molecule has 1 aromatic heterocycles. The summed E-state index contributed by atoms with van der Waals surface area (Å²) in [6.07, 6.45) is 0. The summed E-state index contributed by atoms with van der Waals surface area (Å²) in [6, 6.07) is 11.2. The van der Waals surface area contributed by atoms with E-state index < -0.39 is 0 Å². The number of ketones is 1. The molecule has 31 heavy (non-hydrogen) atoms. The fourth-order valence-electron chi connectivity index (χ4n) is 3.95. The lowest BCUT2D eigenvalue weighted by Gasteiger charge is -2.34. The molecule has 0 spiro atoms. The van der Waals surface area contributed by atoms with E-state index in [4.69, 9.17) is 4.98 Å². The summed E-state index contributed by atoms with van der Waals surface area (Å²) in [4.78, 5) is 33.3. The zero-order valence-corrected chi connectivity index (χ0v) is 19.1. The monoisotopic (exact) mass is 436 g/mol. The lowest BCUT2D eigenvalue weighted by Crippen LogP contribution is -2.48. The van der Waals surface area contributed by atoms with Crippen molar-refractivity contribution in [2.75, 3.05) is 44.2 Å². The molecule has 0 aliphatic carbocycles. The maximum atomic E-state index is 12.3. The van der Waals surface area contributed by atoms with Gasteiger partial charge in [0.2, 0.25) is 0 Å². The van der Waals surface area contributed by atoms with Crippen LogP contribution in [0.1, 0.15) is 38.8 Å². The number of amides is 1. The van der Waals surface area contributed by atoms with Crippen LogP contribution in [-0.4, -0.2) is 60.8 Å². The van der Waals surface area contributed by atoms with Gasteiger partial charge in [-0.1, -0.05) is 29.5 Å². The van der Waals surface area contributed by atoms with Crippen molar-refractivity contribution in [3.8, 4) is 0 Å². The smallest absolute Gasteiger partial charge is 0.251 e. The number of carbonyl (C=O) groups excluding carboxylic acids is 2. The molecule has 1 saturated heterocycles. The van der Waals surface area contributed by atoms with E-state index >= 15 is 0 Å². The Kier molecular flexibility index (Phi) is 6.34. The van der Waals surface area contributed by atoms with Crippen molar-refractivity contribution in [1.29, 1.82) is 0 Å². The minimum absolute atomic E-state index is 0.00203. The Balaban J connectivity index is 1.25. The van der Waals surface area contributed by atoms with Gasteiger partial charge in [0.05, 0.1) is 10.2 Å². The Morgan fingerprint density at radius 3 is 2.39 bits per heavy atom. The van der Waals surface area contributed by atoms with Gasteiger partial charge in [-0.15, -0.1) is 0 Å². The van der Waals surface area contributed by atoms with E-state index in [1.165, 1.54) is 22.8 Å². The van der Waals surface area contributed by atoms with Crippen LogP contribution in [-0.2, 0) is 0 Å². The van der Waals surface area contributed by atoms with E-state index in [9.17, 15) is 9.59 Å². The van der Waals surface area contributed by atoms with Crippen molar-refractivity contribution >= 4 is 38.4 Å². The van der Waals surface area contributed by atoms with Crippen molar-refractivity contribution in [3.63, 3.8) is 0 Å².